The van der Waals surface area contributed by atoms with Gasteiger partial charge in [-0.3, -0.25) is 14.9 Å². The molecular formula is C17H13ClN6OS. The topological polar surface area (TPSA) is 110 Å². The van der Waals surface area contributed by atoms with Gasteiger partial charge in [-0.05, 0) is 24.3 Å². The number of benzene rings is 1. The number of anilines is 2. The van der Waals surface area contributed by atoms with Crippen molar-refractivity contribution in [2.75, 3.05) is 5.32 Å². The van der Waals surface area contributed by atoms with E-state index in [1.54, 1.807) is 24.5 Å². The second-order valence-corrected chi connectivity index (χ2v) is 7.09. The molecule has 1 amide bonds. The number of nitrogens with zero attached hydrogens (tertiary/aromatic N) is 3. The summed E-state index contributed by atoms with van der Waals surface area (Å²) in [7, 11) is 0. The van der Waals surface area contributed by atoms with Crippen LogP contribution in [0.25, 0.3) is 22.2 Å². The van der Waals surface area contributed by atoms with Crippen molar-refractivity contribution in [2.45, 2.75) is 6.42 Å². The van der Waals surface area contributed by atoms with Gasteiger partial charge in [0, 0.05) is 28.2 Å². The Hall–Kier alpha value is -2.97. The fraction of sp³-hybridized carbons (Fsp3) is 0.0588. The molecule has 0 aliphatic heterocycles. The number of fused-ring (bicyclic) bond motifs is 1. The van der Waals surface area contributed by atoms with E-state index in [1.165, 1.54) is 11.3 Å². The van der Waals surface area contributed by atoms with Gasteiger partial charge in [0.1, 0.15) is 0 Å². The van der Waals surface area contributed by atoms with Crippen LogP contribution < -0.4 is 11.1 Å². The molecule has 1 aromatic carbocycles. The number of carbonyl (C=O) groups is 1. The zero-order valence-electron chi connectivity index (χ0n) is 13.4. The van der Waals surface area contributed by atoms with Gasteiger partial charge in [0.25, 0.3) is 0 Å². The minimum absolute atomic E-state index is 0.170. The third-order valence-corrected chi connectivity index (χ3v) is 4.94. The first kappa shape index (κ1) is 16.5. The summed E-state index contributed by atoms with van der Waals surface area (Å²) < 4.78 is 0. The van der Waals surface area contributed by atoms with E-state index >= 15 is 0 Å². The van der Waals surface area contributed by atoms with Gasteiger partial charge in [-0.15, -0.1) is 11.3 Å². The Kier molecular flexibility index (Phi) is 4.27. The van der Waals surface area contributed by atoms with Crippen LogP contribution >= 0.6 is 22.9 Å². The zero-order chi connectivity index (χ0) is 18.1. The summed E-state index contributed by atoms with van der Waals surface area (Å²) in [4.78, 5) is 20.4. The predicted molar refractivity (Wildman–Crippen MR) is 103 cm³/mol. The molecule has 4 rings (SSSR count). The van der Waals surface area contributed by atoms with Crippen molar-refractivity contribution in [3.63, 3.8) is 0 Å². The lowest BCUT2D eigenvalue weighted by molar-refractivity contribution is -0.117. The lowest BCUT2D eigenvalue weighted by Gasteiger charge is -2.04. The van der Waals surface area contributed by atoms with E-state index in [9.17, 15) is 4.79 Å². The van der Waals surface area contributed by atoms with E-state index in [1.807, 2.05) is 18.2 Å². The normalized spacial score (nSPS) is 11.0. The second-order valence-electron chi connectivity index (χ2n) is 5.57. The highest BCUT2D eigenvalue weighted by atomic mass is 35.5. The number of carbonyl (C=O) groups excluding carboxylic acids is 1. The van der Waals surface area contributed by atoms with Crippen molar-refractivity contribution in [3.05, 3.63) is 52.6 Å². The average molecular weight is 385 g/mol. The molecule has 0 saturated heterocycles. The monoisotopic (exact) mass is 384 g/mol. The number of hydrogen-bond donors (Lipinski definition) is 3. The Labute approximate surface area is 157 Å². The van der Waals surface area contributed by atoms with Gasteiger partial charge in [0.05, 0.1) is 22.7 Å². The van der Waals surface area contributed by atoms with Gasteiger partial charge < -0.3 is 11.1 Å². The van der Waals surface area contributed by atoms with Crippen LogP contribution in [-0.4, -0.2) is 26.1 Å². The fourth-order valence-electron chi connectivity index (χ4n) is 2.57. The van der Waals surface area contributed by atoms with Crippen molar-refractivity contribution in [3.8, 4) is 11.3 Å². The number of aromatic nitrogens is 4. The number of aromatic amines is 1. The molecule has 26 heavy (non-hydrogen) atoms. The first-order chi connectivity index (χ1) is 12.6. The number of nitrogens with one attached hydrogen (secondary N) is 2. The minimum Gasteiger partial charge on any atom is -0.369 e. The largest absolute Gasteiger partial charge is 0.369 e. The number of thiazole rings is 1. The number of halogens is 1. The number of H-pyrrole nitrogens is 1. The summed E-state index contributed by atoms with van der Waals surface area (Å²) in [5.74, 6) is 0.246. The van der Waals surface area contributed by atoms with Gasteiger partial charge in [-0.25, -0.2) is 4.98 Å². The third kappa shape index (κ3) is 3.24. The SMILES string of the molecule is NC(=O)Cc1cnc(Nc2n[nH]c3ccc(-c4ncccc4Cl)cc23)s1. The summed E-state index contributed by atoms with van der Waals surface area (Å²) in [6.45, 7) is 0. The molecule has 0 radical (unpaired) electrons. The number of primary amides is 1. The highest BCUT2D eigenvalue weighted by Crippen LogP contribution is 2.32. The van der Waals surface area contributed by atoms with Crippen molar-refractivity contribution >= 4 is 50.7 Å². The maximum atomic E-state index is 11.0. The summed E-state index contributed by atoms with van der Waals surface area (Å²) in [6.07, 6.45) is 3.50. The quantitative estimate of drug-likeness (QED) is 0.487. The van der Waals surface area contributed by atoms with Crippen molar-refractivity contribution in [1.29, 1.82) is 0 Å². The summed E-state index contributed by atoms with van der Waals surface area (Å²) in [5.41, 5.74) is 7.69. The molecule has 3 aromatic heterocycles. The van der Waals surface area contributed by atoms with Crippen molar-refractivity contribution < 1.29 is 4.79 Å². The Balaban J connectivity index is 1.68. The number of hydrogen-bond acceptors (Lipinski definition) is 6. The average Bonchev–Trinajstić information content (AvgIpc) is 3.22. The molecule has 7 nitrogen and oxygen atoms in total. The van der Waals surface area contributed by atoms with Gasteiger partial charge in [-0.1, -0.05) is 17.7 Å². The van der Waals surface area contributed by atoms with E-state index in [0.29, 0.717) is 21.7 Å². The summed E-state index contributed by atoms with van der Waals surface area (Å²) >= 11 is 7.61. The van der Waals surface area contributed by atoms with Gasteiger partial charge in [-0.2, -0.15) is 5.10 Å². The van der Waals surface area contributed by atoms with Crippen LogP contribution in [0.15, 0.2) is 42.7 Å². The smallest absolute Gasteiger partial charge is 0.222 e. The Morgan fingerprint density at radius 2 is 2.19 bits per heavy atom. The molecule has 130 valence electrons. The van der Waals surface area contributed by atoms with Gasteiger partial charge >= 0.3 is 0 Å². The summed E-state index contributed by atoms with van der Waals surface area (Å²) in [5, 5.41) is 12.6. The zero-order valence-corrected chi connectivity index (χ0v) is 14.9. The van der Waals surface area contributed by atoms with E-state index in [4.69, 9.17) is 17.3 Å². The maximum Gasteiger partial charge on any atom is 0.222 e. The third-order valence-electron chi connectivity index (χ3n) is 3.72. The summed E-state index contributed by atoms with van der Waals surface area (Å²) in [6, 6.07) is 9.42. The molecule has 4 N–H and O–H groups in total. The molecule has 0 fully saturated rings. The van der Waals surface area contributed by atoms with E-state index < -0.39 is 0 Å². The second kappa shape index (κ2) is 6.74. The van der Waals surface area contributed by atoms with Crippen LogP contribution in [0.3, 0.4) is 0 Å². The van der Waals surface area contributed by atoms with E-state index in [2.05, 4.69) is 25.5 Å². The van der Waals surface area contributed by atoms with E-state index in [0.717, 1.165) is 21.3 Å². The fourth-order valence-corrected chi connectivity index (χ4v) is 3.63. The van der Waals surface area contributed by atoms with Crippen LogP contribution in [0, 0.1) is 0 Å². The van der Waals surface area contributed by atoms with Crippen LogP contribution in [0.2, 0.25) is 5.02 Å². The number of rotatable bonds is 5. The molecule has 0 spiro atoms. The number of amides is 1. The minimum atomic E-state index is -0.387. The lowest BCUT2D eigenvalue weighted by Crippen LogP contribution is -2.12. The molecule has 3 heterocycles. The van der Waals surface area contributed by atoms with Crippen LogP contribution in [-0.2, 0) is 11.2 Å². The Morgan fingerprint density at radius 3 is 3.00 bits per heavy atom. The molecule has 9 heteroatoms. The van der Waals surface area contributed by atoms with Gasteiger partial charge in [0.15, 0.2) is 10.9 Å². The highest BCUT2D eigenvalue weighted by molar-refractivity contribution is 7.15. The standard InChI is InChI=1S/C17H13ClN6OS/c18-12-2-1-5-20-15(12)9-3-4-13-11(6-9)16(24-23-13)22-17-21-8-10(26-17)7-14(19)25/h1-6,8H,7H2,(H2,19,25)(H2,21,22,23,24). The number of pyridine rings is 1. The molecule has 0 aliphatic carbocycles. The first-order valence-electron chi connectivity index (χ1n) is 7.69. The Morgan fingerprint density at radius 1 is 1.31 bits per heavy atom. The van der Waals surface area contributed by atoms with E-state index in [-0.39, 0.29) is 12.3 Å². The lowest BCUT2D eigenvalue weighted by atomic mass is 10.1. The molecule has 0 unspecified atom stereocenters. The molecule has 4 aromatic rings. The van der Waals surface area contributed by atoms with Crippen molar-refractivity contribution in [2.24, 2.45) is 5.73 Å². The predicted octanol–water partition coefficient (Wildman–Crippen LogP) is 3.51. The van der Waals surface area contributed by atoms with Crippen LogP contribution in [0.4, 0.5) is 10.9 Å². The molecule has 0 bridgehead atoms. The van der Waals surface area contributed by atoms with Crippen LogP contribution in [0.1, 0.15) is 4.88 Å². The maximum absolute atomic E-state index is 11.0. The van der Waals surface area contributed by atoms with Gasteiger partial charge in [0.2, 0.25) is 5.91 Å². The highest BCUT2D eigenvalue weighted by Gasteiger charge is 2.12. The Bertz CT molecular complexity index is 1110. The molecule has 0 saturated carbocycles. The molecular weight excluding hydrogens is 372 g/mol. The van der Waals surface area contributed by atoms with Crippen molar-refractivity contribution in [1.82, 2.24) is 20.2 Å². The molecule has 0 atom stereocenters. The first-order valence-corrected chi connectivity index (χ1v) is 8.88. The molecule has 0 aliphatic rings. The number of nitrogens with two attached hydrogens (primary N) is 1. The van der Waals surface area contributed by atoms with Crippen LogP contribution in [0.5, 0.6) is 0 Å².